The van der Waals surface area contributed by atoms with Crippen LogP contribution >= 0.6 is 0 Å². The Hall–Kier alpha value is -2.30. The lowest BCUT2D eigenvalue weighted by Crippen LogP contribution is -2.31. The second-order valence-corrected chi connectivity index (χ2v) is 4.88. The van der Waals surface area contributed by atoms with Crippen LogP contribution in [-0.4, -0.2) is 22.5 Å². The quantitative estimate of drug-likeness (QED) is 0.777. The number of amides is 1. The maximum absolute atomic E-state index is 12.0. The number of hydrogen-bond acceptors (Lipinski definition) is 3. The summed E-state index contributed by atoms with van der Waals surface area (Å²) in [6, 6.07) is 6.84. The number of aromatic amines is 1. The second-order valence-electron chi connectivity index (χ2n) is 4.88. The summed E-state index contributed by atoms with van der Waals surface area (Å²) >= 11 is 0. The van der Waals surface area contributed by atoms with Crippen LogP contribution in [0.15, 0.2) is 29.1 Å². The number of carbonyl (C=O) groups excluding carboxylic acids is 1. The number of fused-ring (bicyclic) bond motifs is 1. The van der Waals surface area contributed by atoms with Gasteiger partial charge in [0.05, 0.1) is 5.52 Å². The van der Waals surface area contributed by atoms with Crippen molar-refractivity contribution in [2.24, 2.45) is 5.92 Å². The summed E-state index contributed by atoms with van der Waals surface area (Å²) in [5.74, 6) is -0.255. The Balaban J connectivity index is 2.01. The van der Waals surface area contributed by atoms with Gasteiger partial charge >= 0.3 is 0 Å². The van der Waals surface area contributed by atoms with Gasteiger partial charge in [0.2, 0.25) is 0 Å². The molecular weight excluding hydrogens is 244 g/mol. The Kier molecular flexibility index (Phi) is 2.74. The first-order valence-corrected chi connectivity index (χ1v) is 6.29. The van der Waals surface area contributed by atoms with Crippen LogP contribution in [0.4, 0.5) is 0 Å². The second kappa shape index (κ2) is 4.42. The summed E-state index contributed by atoms with van der Waals surface area (Å²) in [6.07, 6.45) is 2.22. The smallest absolute Gasteiger partial charge is 0.265 e. The molecule has 2 aromatic rings. The number of H-pyrrole nitrogens is 1. The zero-order valence-electron chi connectivity index (χ0n) is 10.3. The Morgan fingerprint density at radius 2 is 2.11 bits per heavy atom. The largest absolute Gasteiger partial charge is 0.506 e. The minimum atomic E-state index is -0.565. The number of nitrogens with one attached hydrogen (secondary N) is 2. The molecule has 1 aromatic heterocycles. The highest BCUT2D eigenvalue weighted by atomic mass is 16.3. The van der Waals surface area contributed by atoms with E-state index >= 15 is 0 Å². The third-order valence-corrected chi connectivity index (χ3v) is 3.37. The van der Waals surface area contributed by atoms with Gasteiger partial charge in [0.25, 0.3) is 11.5 Å². The summed E-state index contributed by atoms with van der Waals surface area (Å²) in [4.78, 5) is 26.5. The van der Waals surface area contributed by atoms with E-state index in [0.717, 1.165) is 12.8 Å². The van der Waals surface area contributed by atoms with E-state index in [-0.39, 0.29) is 11.3 Å². The fourth-order valence-corrected chi connectivity index (χ4v) is 2.08. The SMILES string of the molecule is O=C(NCC1CC1)c1c(O)c2ccccc2[nH]c1=O. The predicted molar refractivity (Wildman–Crippen MR) is 71.3 cm³/mol. The van der Waals surface area contributed by atoms with Crippen LogP contribution in [0.25, 0.3) is 10.9 Å². The molecule has 0 unspecified atom stereocenters. The number of hydrogen-bond donors (Lipinski definition) is 3. The summed E-state index contributed by atoms with van der Waals surface area (Å²) in [7, 11) is 0. The average Bonchev–Trinajstić information content (AvgIpc) is 3.20. The van der Waals surface area contributed by atoms with Crippen molar-refractivity contribution in [2.45, 2.75) is 12.8 Å². The molecule has 0 saturated heterocycles. The molecule has 1 fully saturated rings. The van der Waals surface area contributed by atoms with Crippen LogP contribution < -0.4 is 10.9 Å². The van der Waals surface area contributed by atoms with Crippen LogP contribution in [0.3, 0.4) is 0 Å². The Bertz CT molecular complexity index is 701. The van der Waals surface area contributed by atoms with Gasteiger partial charge in [-0.3, -0.25) is 9.59 Å². The molecule has 1 aromatic carbocycles. The first-order valence-electron chi connectivity index (χ1n) is 6.29. The highest BCUT2D eigenvalue weighted by Gasteiger charge is 2.24. The average molecular weight is 258 g/mol. The van der Waals surface area contributed by atoms with Crippen LogP contribution in [0.5, 0.6) is 5.75 Å². The topological polar surface area (TPSA) is 82.2 Å². The highest BCUT2D eigenvalue weighted by molar-refractivity contribution is 6.02. The van der Waals surface area contributed by atoms with E-state index in [1.54, 1.807) is 24.3 Å². The molecule has 0 spiro atoms. The van der Waals surface area contributed by atoms with Crippen LogP contribution in [-0.2, 0) is 0 Å². The minimum Gasteiger partial charge on any atom is -0.506 e. The number of pyridine rings is 1. The van der Waals surface area contributed by atoms with E-state index in [1.807, 2.05) is 0 Å². The standard InChI is InChI=1S/C14H14N2O3/c17-12-9-3-1-2-4-10(9)16-14(19)11(12)13(18)15-7-8-5-6-8/h1-4,8H,5-7H2,(H,15,18)(H2,16,17,19). The van der Waals surface area contributed by atoms with Gasteiger partial charge in [0, 0.05) is 11.9 Å². The van der Waals surface area contributed by atoms with Crippen molar-refractivity contribution < 1.29 is 9.90 Å². The summed E-state index contributed by atoms with van der Waals surface area (Å²) < 4.78 is 0. The van der Waals surface area contributed by atoms with Crippen LogP contribution in [0.2, 0.25) is 0 Å². The van der Waals surface area contributed by atoms with E-state index in [2.05, 4.69) is 10.3 Å². The van der Waals surface area contributed by atoms with Crippen molar-refractivity contribution in [1.82, 2.24) is 10.3 Å². The molecule has 98 valence electrons. The molecule has 5 heteroatoms. The monoisotopic (exact) mass is 258 g/mol. The number of rotatable bonds is 3. The third-order valence-electron chi connectivity index (χ3n) is 3.37. The van der Waals surface area contributed by atoms with Gasteiger partial charge in [-0.25, -0.2) is 0 Å². The molecule has 1 aliphatic rings. The van der Waals surface area contributed by atoms with Gasteiger partial charge in [-0.05, 0) is 30.9 Å². The lowest BCUT2D eigenvalue weighted by molar-refractivity contribution is 0.0948. The molecule has 0 atom stereocenters. The molecule has 0 radical (unpaired) electrons. The highest BCUT2D eigenvalue weighted by Crippen LogP contribution is 2.28. The van der Waals surface area contributed by atoms with Crippen molar-refractivity contribution in [1.29, 1.82) is 0 Å². The van der Waals surface area contributed by atoms with Gasteiger partial charge in [-0.1, -0.05) is 12.1 Å². The van der Waals surface area contributed by atoms with Crippen LogP contribution in [0.1, 0.15) is 23.2 Å². The molecule has 1 heterocycles. The maximum atomic E-state index is 12.0. The molecule has 1 aliphatic carbocycles. The molecule has 0 aliphatic heterocycles. The minimum absolute atomic E-state index is 0.209. The molecular formula is C14H14N2O3. The van der Waals surface area contributed by atoms with Crippen molar-refractivity contribution in [3.05, 3.63) is 40.2 Å². The summed E-state index contributed by atoms with van der Waals surface area (Å²) in [5, 5.41) is 13.3. The molecule has 19 heavy (non-hydrogen) atoms. The van der Waals surface area contributed by atoms with Crippen molar-refractivity contribution in [2.75, 3.05) is 6.54 Å². The lowest BCUT2D eigenvalue weighted by atomic mass is 10.1. The van der Waals surface area contributed by atoms with E-state index in [4.69, 9.17) is 0 Å². The predicted octanol–water partition coefficient (Wildman–Crippen LogP) is 1.37. The van der Waals surface area contributed by atoms with Gasteiger partial charge in [-0.15, -0.1) is 0 Å². The molecule has 1 amide bonds. The fourth-order valence-electron chi connectivity index (χ4n) is 2.08. The maximum Gasteiger partial charge on any atom is 0.265 e. The van der Waals surface area contributed by atoms with Crippen molar-refractivity contribution in [3.8, 4) is 5.75 Å². The van der Waals surface area contributed by atoms with Gasteiger partial charge in [0.1, 0.15) is 11.3 Å². The molecule has 1 saturated carbocycles. The zero-order chi connectivity index (χ0) is 13.4. The number of para-hydroxylation sites is 1. The molecule has 3 rings (SSSR count). The van der Waals surface area contributed by atoms with Gasteiger partial charge in [0.15, 0.2) is 0 Å². The Morgan fingerprint density at radius 3 is 2.84 bits per heavy atom. The van der Waals surface area contributed by atoms with Crippen LogP contribution in [0, 0.1) is 5.92 Å². The third kappa shape index (κ3) is 2.19. The number of aromatic nitrogens is 1. The van der Waals surface area contributed by atoms with Crippen molar-refractivity contribution >= 4 is 16.8 Å². The molecule has 5 nitrogen and oxygen atoms in total. The number of aromatic hydroxyl groups is 1. The van der Waals surface area contributed by atoms with E-state index in [0.29, 0.717) is 23.4 Å². The normalized spacial score (nSPS) is 14.5. The number of benzene rings is 1. The Labute approximate surface area is 109 Å². The van der Waals surface area contributed by atoms with E-state index < -0.39 is 11.5 Å². The van der Waals surface area contributed by atoms with E-state index in [1.165, 1.54) is 0 Å². The van der Waals surface area contributed by atoms with Gasteiger partial charge < -0.3 is 15.4 Å². The Morgan fingerprint density at radius 1 is 1.37 bits per heavy atom. The summed E-state index contributed by atoms with van der Waals surface area (Å²) in [5.41, 5.74) is -0.257. The zero-order valence-corrected chi connectivity index (χ0v) is 10.3. The first kappa shape index (κ1) is 11.8. The van der Waals surface area contributed by atoms with Gasteiger partial charge in [-0.2, -0.15) is 0 Å². The summed E-state index contributed by atoms with van der Waals surface area (Å²) in [6.45, 7) is 0.560. The molecule has 3 N–H and O–H groups in total. The fraction of sp³-hybridized carbons (Fsp3) is 0.286. The lowest BCUT2D eigenvalue weighted by Gasteiger charge is -2.07. The first-order chi connectivity index (χ1) is 9.16. The number of carbonyl (C=O) groups is 1. The van der Waals surface area contributed by atoms with Crippen molar-refractivity contribution in [3.63, 3.8) is 0 Å². The molecule has 0 bridgehead atoms. The van der Waals surface area contributed by atoms with E-state index in [9.17, 15) is 14.7 Å².